The van der Waals surface area contributed by atoms with Crippen molar-refractivity contribution in [2.45, 2.75) is 64.7 Å². The molecule has 2 N–H and O–H groups in total. The van der Waals surface area contributed by atoms with Crippen LogP contribution in [0.3, 0.4) is 0 Å². The molecule has 0 spiro atoms. The van der Waals surface area contributed by atoms with Crippen LogP contribution in [0, 0.1) is 0 Å². The van der Waals surface area contributed by atoms with Gasteiger partial charge < -0.3 is 14.5 Å². The first-order chi connectivity index (χ1) is 10.5. The van der Waals surface area contributed by atoms with Crippen LogP contribution in [0.5, 0.6) is 0 Å². The smallest absolute Gasteiger partial charge is 0.463 e. The minimum atomic E-state index is -4.47. The summed E-state index contributed by atoms with van der Waals surface area (Å²) in [5.41, 5.74) is 0. The van der Waals surface area contributed by atoms with Crippen LogP contribution >= 0.6 is 7.82 Å². The van der Waals surface area contributed by atoms with Crippen molar-refractivity contribution >= 4 is 13.8 Å². The lowest BCUT2D eigenvalue weighted by atomic mass is 10.1. The fraction of sp³-hybridized carbons (Fsp3) is 0.800. The van der Waals surface area contributed by atoms with Crippen LogP contribution in [0.2, 0.25) is 0 Å². The highest BCUT2D eigenvalue weighted by Crippen LogP contribution is 2.35. The molecule has 0 unspecified atom stereocenters. The van der Waals surface area contributed by atoms with Crippen molar-refractivity contribution in [2.75, 3.05) is 13.2 Å². The van der Waals surface area contributed by atoms with E-state index in [4.69, 9.17) is 14.5 Å². The molecule has 0 radical (unpaired) electrons. The number of rotatable bonds is 14. The second-order valence-electron chi connectivity index (χ2n) is 5.11. The van der Waals surface area contributed by atoms with Crippen molar-refractivity contribution in [2.24, 2.45) is 0 Å². The fourth-order valence-corrected chi connectivity index (χ4v) is 2.16. The molecular formula is C15H29O6P. The van der Waals surface area contributed by atoms with Gasteiger partial charge in [0.2, 0.25) is 0 Å². The van der Waals surface area contributed by atoms with Crippen LogP contribution in [-0.2, 0) is 18.6 Å². The Labute approximate surface area is 133 Å². The third kappa shape index (κ3) is 17.4. The van der Waals surface area contributed by atoms with Gasteiger partial charge in [0.15, 0.2) is 0 Å². The normalized spacial score (nSPS) is 12.0. The third-order valence-electron chi connectivity index (χ3n) is 2.98. The van der Waals surface area contributed by atoms with Gasteiger partial charge in [-0.25, -0.2) is 4.57 Å². The quantitative estimate of drug-likeness (QED) is 0.217. The maximum absolute atomic E-state index is 11.3. The van der Waals surface area contributed by atoms with Crippen molar-refractivity contribution in [3.05, 3.63) is 12.2 Å². The molecule has 0 saturated carbocycles. The largest absolute Gasteiger partial charge is 0.469 e. The second kappa shape index (κ2) is 13.9. The van der Waals surface area contributed by atoms with Crippen LogP contribution in [0.1, 0.15) is 64.7 Å². The Morgan fingerprint density at radius 3 is 2.32 bits per heavy atom. The highest BCUT2D eigenvalue weighted by molar-refractivity contribution is 7.46. The van der Waals surface area contributed by atoms with Gasteiger partial charge in [-0.05, 0) is 25.7 Å². The number of allylic oxidation sites excluding steroid dienone is 2. The second-order valence-corrected chi connectivity index (χ2v) is 6.35. The minimum absolute atomic E-state index is 0.131. The van der Waals surface area contributed by atoms with E-state index >= 15 is 0 Å². The molecule has 0 amide bonds. The molecule has 0 heterocycles. The van der Waals surface area contributed by atoms with Gasteiger partial charge in [0.05, 0.1) is 6.61 Å². The molecule has 0 atom stereocenters. The number of hydrogen-bond donors (Lipinski definition) is 2. The zero-order valence-corrected chi connectivity index (χ0v) is 14.3. The first kappa shape index (κ1) is 21.3. The summed E-state index contributed by atoms with van der Waals surface area (Å²) in [7, 11) is -4.47. The molecule has 6 nitrogen and oxygen atoms in total. The van der Waals surface area contributed by atoms with Crippen LogP contribution in [0.4, 0.5) is 0 Å². The summed E-state index contributed by atoms with van der Waals surface area (Å²) < 4.78 is 19.3. The van der Waals surface area contributed by atoms with Gasteiger partial charge in [0.25, 0.3) is 0 Å². The van der Waals surface area contributed by atoms with Crippen LogP contribution in [0.15, 0.2) is 12.2 Å². The number of unbranched alkanes of at least 4 members (excludes halogenated alkanes) is 6. The number of phosphoric acid groups is 1. The summed E-state index contributed by atoms with van der Waals surface area (Å²) in [6, 6.07) is 0. The Hall–Kier alpha value is -0.680. The predicted octanol–water partition coefficient (Wildman–Crippen LogP) is 3.73. The molecule has 0 saturated heterocycles. The molecule has 0 fully saturated rings. The standard InChI is InChI=1S/C15H29O6P/c1-2-3-4-5-6-7-8-9-10-11-12-15(16)20-13-14-21-22(17,18)19/h4-5H,2-3,6-14H2,1H3,(H2,17,18,19)/b5-4-. The molecule has 0 aliphatic rings. The van der Waals surface area contributed by atoms with Crippen LogP contribution in [0.25, 0.3) is 0 Å². The zero-order chi connectivity index (χ0) is 16.7. The van der Waals surface area contributed by atoms with Crippen molar-refractivity contribution < 1.29 is 28.4 Å². The first-order valence-corrected chi connectivity index (χ1v) is 9.49. The van der Waals surface area contributed by atoms with Crippen LogP contribution < -0.4 is 0 Å². The molecule has 0 aliphatic carbocycles. The average Bonchev–Trinajstić information content (AvgIpc) is 2.44. The Kier molecular flexibility index (Phi) is 13.5. The predicted molar refractivity (Wildman–Crippen MR) is 85.3 cm³/mol. The molecule has 0 aromatic heterocycles. The van der Waals surface area contributed by atoms with E-state index in [0.717, 1.165) is 32.1 Å². The molecule has 0 aromatic carbocycles. The molecule has 7 heteroatoms. The number of hydrogen-bond acceptors (Lipinski definition) is 4. The van der Waals surface area contributed by atoms with Crippen molar-refractivity contribution in [3.8, 4) is 0 Å². The van der Waals surface area contributed by atoms with E-state index < -0.39 is 7.82 Å². The van der Waals surface area contributed by atoms with Crippen molar-refractivity contribution in [3.63, 3.8) is 0 Å². The Balaban J connectivity index is 3.30. The van der Waals surface area contributed by atoms with Crippen molar-refractivity contribution in [1.82, 2.24) is 0 Å². The lowest BCUT2D eigenvalue weighted by Crippen LogP contribution is -2.09. The van der Waals surface area contributed by atoms with Gasteiger partial charge in [-0.2, -0.15) is 0 Å². The lowest BCUT2D eigenvalue weighted by Gasteiger charge is -2.06. The fourth-order valence-electron chi connectivity index (χ4n) is 1.85. The van der Waals surface area contributed by atoms with Crippen LogP contribution in [-0.4, -0.2) is 29.0 Å². The van der Waals surface area contributed by atoms with E-state index in [1.165, 1.54) is 19.3 Å². The zero-order valence-electron chi connectivity index (χ0n) is 13.4. The summed E-state index contributed by atoms with van der Waals surface area (Å²) in [6.07, 6.45) is 13.5. The third-order valence-corrected chi connectivity index (χ3v) is 3.50. The molecule has 0 aliphatic heterocycles. The number of carbonyl (C=O) groups is 1. The number of phosphoric ester groups is 1. The van der Waals surface area contributed by atoms with Gasteiger partial charge in [-0.1, -0.05) is 44.8 Å². The highest BCUT2D eigenvalue weighted by Gasteiger charge is 2.13. The molecule has 22 heavy (non-hydrogen) atoms. The topological polar surface area (TPSA) is 93.1 Å². The lowest BCUT2D eigenvalue weighted by molar-refractivity contribution is -0.144. The molecule has 0 bridgehead atoms. The first-order valence-electron chi connectivity index (χ1n) is 7.96. The average molecular weight is 336 g/mol. The Morgan fingerprint density at radius 1 is 1.00 bits per heavy atom. The highest BCUT2D eigenvalue weighted by atomic mass is 31.2. The SMILES string of the molecule is CCC/C=C\CCCCCCCC(=O)OCCOP(=O)(O)O. The number of ether oxygens (including phenoxy) is 1. The van der Waals surface area contributed by atoms with Crippen molar-refractivity contribution in [1.29, 1.82) is 0 Å². The van der Waals surface area contributed by atoms with Gasteiger partial charge in [0, 0.05) is 6.42 Å². The van der Waals surface area contributed by atoms with Gasteiger partial charge in [-0.15, -0.1) is 0 Å². The summed E-state index contributed by atoms with van der Waals surface area (Å²) in [4.78, 5) is 28.2. The van der Waals surface area contributed by atoms with Gasteiger partial charge in [-0.3, -0.25) is 9.32 Å². The van der Waals surface area contributed by atoms with E-state index in [1.54, 1.807) is 0 Å². The maximum atomic E-state index is 11.3. The molecular weight excluding hydrogens is 307 g/mol. The summed E-state index contributed by atoms with van der Waals surface area (Å²) in [5, 5.41) is 0. The van der Waals surface area contributed by atoms with E-state index in [9.17, 15) is 9.36 Å². The van der Waals surface area contributed by atoms with Gasteiger partial charge >= 0.3 is 13.8 Å². The number of carbonyl (C=O) groups excluding carboxylic acids is 1. The minimum Gasteiger partial charge on any atom is -0.463 e. The van der Waals surface area contributed by atoms with E-state index in [2.05, 4.69) is 23.6 Å². The van der Waals surface area contributed by atoms with E-state index in [0.29, 0.717) is 6.42 Å². The summed E-state index contributed by atoms with van der Waals surface area (Å²) >= 11 is 0. The maximum Gasteiger partial charge on any atom is 0.469 e. The summed E-state index contributed by atoms with van der Waals surface area (Å²) in [6.45, 7) is 1.75. The van der Waals surface area contributed by atoms with Gasteiger partial charge in [0.1, 0.15) is 6.61 Å². The molecule has 130 valence electrons. The molecule has 0 rings (SSSR count). The van der Waals surface area contributed by atoms with E-state index in [1.807, 2.05) is 0 Å². The monoisotopic (exact) mass is 336 g/mol. The Morgan fingerprint density at radius 2 is 1.64 bits per heavy atom. The molecule has 0 aromatic rings. The number of esters is 1. The summed E-state index contributed by atoms with van der Waals surface area (Å²) in [5.74, 6) is -0.350. The Bertz CT molecular complexity index is 350. The van der Waals surface area contributed by atoms with E-state index in [-0.39, 0.29) is 19.2 Å².